The normalized spacial score (nSPS) is 14.4. The monoisotopic (exact) mass is 431 g/mol. The van der Waals surface area contributed by atoms with Crippen LogP contribution < -0.4 is 11.1 Å². The number of hydrogen-bond donors (Lipinski definition) is 3. The second kappa shape index (κ2) is 11.0. The van der Waals surface area contributed by atoms with E-state index in [-0.39, 0.29) is 0 Å². The summed E-state index contributed by atoms with van der Waals surface area (Å²) >= 11 is 12.1. The van der Waals surface area contributed by atoms with Gasteiger partial charge in [0.2, 0.25) is 0 Å². The zero-order valence-electron chi connectivity index (χ0n) is 16.6. The Labute approximate surface area is 183 Å². The summed E-state index contributed by atoms with van der Waals surface area (Å²) in [6.45, 7) is 1.35. The summed E-state index contributed by atoms with van der Waals surface area (Å²) in [5.41, 5.74) is 11.0. The van der Waals surface area contributed by atoms with Crippen LogP contribution in [0.2, 0.25) is 10.0 Å². The number of anilines is 1. The third kappa shape index (κ3) is 6.48. The number of benzene rings is 2. The molecule has 0 amide bonds. The molecule has 5 heteroatoms. The first kappa shape index (κ1) is 22.2. The Bertz CT molecular complexity index is 828. The predicted molar refractivity (Wildman–Crippen MR) is 123 cm³/mol. The minimum Gasteiger partial charge on any atom is -0.396 e. The molecule has 0 bridgehead atoms. The van der Waals surface area contributed by atoms with Gasteiger partial charge in [0.05, 0.1) is 21.8 Å². The van der Waals surface area contributed by atoms with Crippen molar-refractivity contribution in [3.05, 3.63) is 81.2 Å². The molecule has 1 aliphatic carbocycles. The molecule has 3 nitrogen and oxygen atoms in total. The Morgan fingerprint density at radius 1 is 1.03 bits per heavy atom. The zero-order chi connectivity index (χ0) is 20.6. The number of aliphatic hydroxyl groups excluding tert-OH is 1. The fourth-order valence-electron chi connectivity index (χ4n) is 3.62. The third-order valence-corrected chi connectivity index (χ3v) is 6.00. The second-order valence-corrected chi connectivity index (χ2v) is 8.42. The average molecular weight is 432 g/mol. The summed E-state index contributed by atoms with van der Waals surface area (Å²) < 4.78 is 0. The Morgan fingerprint density at radius 2 is 1.76 bits per heavy atom. The maximum Gasteiger partial charge on any atom is 0.0915 e. The van der Waals surface area contributed by atoms with E-state index in [1.54, 1.807) is 12.1 Å². The van der Waals surface area contributed by atoms with E-state index in [1.807, 2.05) is 0 Å². The quantitative estimate of drug-likeness (QED) is 0.324. The molecule has 3 rings (SSSR count). The van der Waals surface area contributed by atoms with Crippen molar-refractivity contribution in [2.24, 2.45) is 0 Å². The minimum absolute atomic E-state index is 0.350. The molecule has 0 heterocycles. The van der Waals surface area contributed by atoms with Crippen molar-refractivity contribution in [2.75, 3.05) is 18.8 Å². The number of unbranched alkanes of at least 4 members (excludes halogenated alkanes) is 3. The Morgan fingerprint density at radius 3 is 2.55 bits per heavy atom. The van der Waals surface area contributed by atoms with Crippen LogP contribution in [0.3, 0.4) is 0 Å². The molecule has 1 unspecified atom stereocenters. The topological polar surface area (TPSA) is 58.3 Å². The molecule has 1 atom stereocenters. The van der Waals surface area contributed by atoms with Crippen LogP contribution in [0.5, 0.6) is 0 Å². The first-order valence-corrected chi connectivity index (χ1v) is 11.0. The van der Waals surface area contributed by atoms with Crippen LogP contribution in [0.1, 0.15) is 54.9 Å². The molecule has 2 aromatic carbocycles. The fourth-order valence-corrected chi connectivity index (χ4v) is 4.12. The highest BCUT2D eigenvalue weighted by molar-refractivity contribution is 6.38. The summed E-state index contributed by atoms with van der Waals surface area (Å²) in [5, 5.41) is 14.3. The number of rotatable bonds is 10. The van der Waals surface area contributed by atoms with Crippen molar-refractivity contribution in [3.8, 4) is 0 Å². The van der Waals surface area contributed by atoms with Crippen LogP contribution in [-0.4, -0.2) is 18.2 Å². The Kier molecular flexibility index (Phi) is 8.43. The zero-order valence-corrected chi connectivity index (χ0v) is 18.1. The van der Waals surface area contributed by atoms with Gasteiger partial charge in [0.25, 0.3) is 0 Å². The first-order valence-electron chi connectivity index (χ1n) is 10.3. The third-order valence-electron chi connectivity index (χ3n) is 5.37. The number of hydrogen-bond acceptors (Lipinski definition) is 3. The van der Waals surface area contributed by atoms with Crippen LogP contribution in [0.15, 0.2) is 48.0 Å². The summed E-state index contributed by atoms with van der Waals surface area (Å²) in [4.78, 5) is 0. The molecular weight excluding hydrogens is 403 g/mol. The highest BCUT2D eigenvalue weighted by Crippen LogP contribution is 2.31. The smallest absolute Gasteiger partial charge is 0.0915 e. The summed E-state index contributed by atoms with van der Waals surface area (Å²) in [7, 11) is 0. The number of halogens is 2. The minimum atomic E-state index is -0.651. The van der Waals surface area contributed by atoms with Crippen molar-refractivity contribution in [1.82, 2.24) is 5.32 Å². The average Bonchev–Trinajstić information content (AvgIpc) is 2.73. The standard InChI is InChI=1S/C24H29Cl2N2O/c25-21-14-20(15-22(26)24(21)27)23(29)16-28-12-6-2-1-3-7-17-10-11-18-8-4-5-9-19(18)13-17/h4-5,8-10,13-15,23,28-29H,1-3,6-7,11-12,16,27H2. The maximum atomic E-state index is 10.3. The summed E-state index contributed by atoms with van der Waals surface area (Å²) in [6.07, 6.45) is 11.0. The molecule has 0 spiro atoms. The van der Waals surface area contributed by atoms with E-state index >= 15 is 0 Å². The fraction of sp³-hybridized carbons (Fsp3) is 0.375. The van der Waals surface area contributed by atoms with Crippen LogP contribution >= 0.6 is 23.2 Å². The van der Waals surface area contributed by atoms with E-state index in [0.29, 0.717) is 27.8 Å². The number of aliphatic hydroxyl groups is 1. The van der Waals surface area contributed by atoms with Crippen LogP contribution in [0, 0.1) is 6.42 Å². The molecular formula is C24H29Cl2N2O. The number of fused-ring (bicyclic) bond motifs is 1. The van der Waals surface area contributed by atoms with Crippen LogP contribution in [-0.2, 0) is 6.42 Å². The van der Waals surface area contributed by atoms with Gasteiger partial charge in [0.1, 0.15) is 0 Å². The van der Waals surface area contributed by atoms with Gasteiger partial charge < -0.3 is 16.2 Å². The summed E-state index contributed by atoms with van der Waals surface area (Å²) in [6, 6.07) is 12.0. The molecule has 1 radical (unpaired) electrons. The van der Waals surface area contributed by atoms with Crippen molar-refractivity contribution >= 4 is 28.9 Å². The van der Waals surface area contributed by atoms with Crippen LogP contribution in [0.25, 0.3) is 0 Å². The molecule has 0 aromatic heterocycles. The van der Waals surface area contributed by atoms with Crippen molar-refractivity contribution in [3.63, 3.8) is 0 Å². The van der Waals surface area contributed by atoms with Gasteiger partial charge in [-0.1, -0.05) is 72.0 Å². The second-order valence-electron chi connectivity index (χ2n) is 7.61. The SMILES string of the molecule is Nc1c(Cl)cc(C(O)CNCCCCCCC2=CCc3ccccc3[CH]2)cc1Cl. The van der Waals surface area contributed by atoms with E-state index in [0.717, 1.165) is 25.8 Å². The highest BCUT2D eigenvalue weighted by atomic mass is 35.5. The van der Waals surface area contributed by atoms with E-state index in [2.05, 4.69) is 42.1 Å². The maximum absolute atomic E-state index is 10.3. The molecule has 29 heavy (non-hydrogen) atoms. The largest absolute Gasteiger partial charge is 0.396 e. The van der Waals surface area contributed by atoms with E-state index in [9.17, 15) is 5.11 Å². The molecule has 0 aliphatic heterocycles. The van der Waals surface area contributed by atoms with Crippen molar-refractivity contribution in [1.29, 1.82) is 0 Å². The van der Waals surface area contributed by atoms with Gasteiger partial charge in [-0.05, 0) is 61.1 Å². The molecule has 0 fully saturated rings. The lowest BCUT2D eigenvalue weighted by molar-refractivity contribution is 0.174. The lowest BCUT2D eigenvalue weighted by Crippen LogP contribution is -2.22. The van der Waals surface area contributed by atoms with Gasteiger partial charge >= 0.3 is 0 Å². The van der Waals surface area contributed by atoms with Crippen LogP contribution in [0.4, 0.5) is 5.69 Å². The lowest BCUT2D eigenvalue weighted by Gasteiger charge is -2.16. The number of nitrogen functional groups attached to an aromatic ring is 1. The van der Waals surface area contributed by atoms with E-state index < -0.39 is 6.10 Å². The van der Waals surface area contributed by atoms with Gasteiger partial charge in [-0.2, -0.15) is 0 Å². The first-order chi connectivity index (χ1) is 14.0. The van der Waals surface area contributed by atoms with E-state index in [4.69, 9.17) is 28.9 Å². The molecule has 4 N–H and O–H groups in total. The summed E-state index contributed by atoms with van der Waals surface area (Å²) in [5.74, 6) is 0. The molecule has 1 aliphatic rings. The molecule has 2 aromatic rings. The molecule has 155 valence electrons. The number of allylic oxidation sites excluding steroid dienone is 2. The van der Waals surface area contributed by atoms with Gasteiger partial charge in [-0.3, -0.25) is 0 Å². The predicted octanol–water partition coefficient (Wildman–Crippen LogP) is 5.88. The Hall–Kier alpha value is -1.52. The van der Waals surface area contributed by atoms with Gasteiger partial charge in [0.15, 0.2) is 0 Å². The highest BCUT2D eigenvalue weighted by Gasteiger charge is 2.12. The number of nitrogens with one attached hydrogen (secondary N) is 1. The Balaban J connectivity index is 1.26. The van der Waals surface area contributed by atoms with Crippen molar-refractivity contribution < 1.29 is 5.11 Å². The van der Waals surface area contributed by atoms with Gasteiger partial charge in [0, 0.05) is 13.0 Å². The van der Waals surface area contributed by atoms with Crippen molar-refractivity contribution in [2.45, 2.75) is 44.6 Å². The molecule has 0 saturated carbocycles. The van der Waals surface area contributed by atoms with E-state index in [1.165, 1.54) is 36.0 Å². The lowest BCUT2D eigenvalue weighted by atomic mass is 9.89. The van der Waals surface area contributed by atoms with Gasteiger partial charge in [-0.25, -0.2) is 0 Å². The number of nitrogens with two attached hydrogens (primary N) is 1. The van der Waals surface area contributed by atoms with Gasteiger partial charge in [-0.15, -0.1) is 0 Å². The molecule has 0 saturated heterocycles.